The first-order valence-electron chi connectivity index (χ1n) is 7.94. The van der Waals surface area contributed by atoms with Crippen LogP contribution < -0.4 is 15.4 Å². The van der Waals surface area contributed by atoms with Gasteiger partial charge in [0.05, 0.1) is 4.90 Å². The highest BCUT2D eigenvalue weighted by Gasteiger charge is 2.14. The summed E-state index contributed by atoms with van der Waals surface area (Å²) in [7, 11) is -3.65. The van der Waals surface area contributed by atoms with Crippen LogP contribution in [0.25, 0.3) is 0 Å². The number of hydrogen-bond donors (Lipinski definition) is 3. The number of benzene rings is 3. The van der Waals surface area contributed by atoms with Crippen LogP contribution in [-0.4, -0.2) is 13.5 Å². The summed E-state index contributed by atoms with van der Waals surface area (Å²) < 4.78 is 28.6. The molecule has 3 aromatic rings. The first-order chi connectivity index (χ1) is 12.9. The van der Waals surface area contributed by atoms with Crippen molar-refractivity contribution in [3.8, 4) is 0 Å². The molecule has 0 amide bonds. The number of sulfonamides is 1. The van der Waals surface area contributed by atoms with Gasteiger partial charge in [0.25, 0.3) is 10.0 Å². The van der Waals surface area contributed by atoms with E-state index < -0.39 is 10.0 Å². The number of para-hydroxylation sites is 1. The predicted molar refractivity (Wildman–Crippen MR) is 123 cm³/mol. The molecule has 0 fully saturated rings. The summed E-state index contributed by atoms with van der Waals surface area (Å²) in [4.78, 5) is 0.175. The molecule has 0 saturated carbocycles. The number of nitrogens with one attached hydrogen (secondary N) is 3. The van der Waals surface area contributed by atoms with Crippen molar-refractivity contribution in [2.24, 2.45) is 0 Å². The lowest BCUT2D eigenvalue weighted by atomic mass is 10.3. The van der Waals surface area contributed by atoms with E-state index in [9.17, 15) is 8.42 Å². The van der Waals surface area contributed by atoms with Crippen LogP contribution in [0.15, 0.2) is 83.8 Å². The van der Waals surface area contributed by atoms with Crippen LogP contribution in [0.1, 0.15) is 0 Å². The lowest BCUT2D eigenvalue weighted by molar-refractivity contribution is 0.601. The summed E-state index contributed by atoms with van der Waals surface area (Å²) in [6.45, 7) is 0. The Bertz CT molecular complexity index is 1020. The van der Waals surface area contributed by atoms with E-state index in [-0.39, 0.29) is 4.90 Å². The van der Waals surface area contributed by atoms with Gasteiger partial charge in [0.15, 0.2) is 5.11 Å². The predicted octanol–water partition coefficient (Wildman–Crippen LogP) is 4.90. The van der Waals surface area contributed by atoms with E-state index in [0.717, 1.165) is 9.26 Å². The summed E-state index contributed by atoms with van der Waals surface area (Å²) in [5.41, 5.74) is 2.08. The van der Waals surface area contributed by atoms with Crippen LogP contribution in [-0.2, 0) is 10.0 Å². The van der Waals surface area contributed by atoms with Gasteiger partial charge in [0.2, 0.25) is 0 Å². The molecule has 0 radical (unpaired) electrons. The molecular formula is C19H16IN3O2S2. The highest BCUT2D eigenvalue weighted by atomic mass is 127. The maximum absolute atomic E-state index is 12.5. The Kier molecular flexibility index (Phi) is 6.30. The van der Waals surface area contributed by atoms with Gasteiger partial charge in [0.1, 0.15) is 0 Å². The molecule has 138 valence electrons. The Hall–Kier alpha value is -2.17. The van der Waals surface area contributed by atoms with Crippen molar-refractivity contribution in [1.82, 2.24) is 0 Å². The van der Waals surface area contributed by atoms with Crippen LogP contribution in [0.4, 0.5) is 17.1 Å². The molecule has 0 aliphatic heterocycles. The maximum Gasteiger partial charge on any atom is 0.261 e. The summed E-state index contributed by atoms with van der Waals surface area (Å²) in [5.74, 6) is 0. The Labute approximate surface area is 177 Å². The van der Waals surface area contributed by atoms with Crippen LogP contribution in [0, 0.1) is 3.57 Å². The van der Waals surface area contributed by atoms with Gasteiger partial charge in [-0.1, -0.05) is 18.2 Å². The fraction of sp³-hybridized carbons (Fsp3) is 0. The molecule has 0 heterocycles. The minimum atomic E-state index is -3.65. The Balaban J connectivity index is 1.65. The normalized spacial score (nSPS) is 10.9. The summed E-state index contributed by atoms with van der Waals surface area (Å²) >= 11 is 7.43. The van der Waals surface area contributed by atoms with E-state index in [1.165, 1.54) is 12.1 Å². The third-order valence-corrected chi connectivity index (χ3v) is 5.87. The zero-order valence-electron chi connectivity index (χ0n) is 14.0. The molecule has 0 unspecified atom stereocenters. The summed E-state index contributed by atoms with van der Waals surface area (Å²) in [5, 5.41) is 6.52. The fourth-order valence-electron chi connectivity index (χ4n) is 2.26. The molecular weight excluding hydrogens is 493 g/mol. The maximum atomic E-state index is 12.5. The monoisotopic (exact) mass is 509 g/mol. The minimum Gasteiger partial charge on any atom is -0.332 e. The third-order valence-electron chi connectivity index (χ3n) is 3.55. The van der Waals surface area contributed by atoms with Gasteiger partial charge < -0.3 is 10.6 Å². The van der Waals surface area contributed by atoms with Crippen molar-refractivity contribution < 1.29 is 8.42 Å². The van der Waals surface area contributed by atoms with Crippen molar-refractivity contribution >= 4 is 67.0 Å². The van der Waals surface area contributed by atoms with Crippen molar-refractivity contribution in [2.75, 3.05) is 15.4 Å². The largest absolute Gasteiger partial charge is 0.332 e. The highest BCUT2D eigenvalue weighted by Crippen LogP contribution is 2.19. The highest BCUT2D eigenvalue weighted by molar-refractivity contribution is 14.1. The molecule has 3 aromatic carbocycles. The van der Waals surface area contributed by atoms with Gasteiger partial charge in [-0.25, -0.2) is 8.42 Å². The number of rotatable bonds is 5. The molecule has 5 nitrogen and oxygen atoms in total. The second-order valence-electron chi connectivity index (χ2n) is 5.58. The molecule has 0 atom stereocenters. The molecule has 0 aliphatic rings. The SMILES string of the molecule is O=S(=O)(Nc1ccc(I)cc1)c1ccc(NC(=S)Nc2ccccc2)cc1. The molecule has 0 aliphatic carbocycles. The lowest BCUT2D eigenvalue weighted by Crippen LogP contribution is -2.19. The number of hydrogen-bond acceptors (Lipinski definition) is 3. The standard InChI is InChI=1S/C19H16IN3O2S2/c20-14-6-8-17(9-7-14)23-27(24,25)18-12-10-16(11-13-18)22-19(26)21-15-4-2-1-3-5-15/h1-13,23H,(H2,21,22,26). The van der Waals surface area contributed by atoms with Gasteiger partial charge in [0, 0.05) is 20.6 Å². The van der Waals surface area contributed by atoms with E-state index in [0.29, 0.717) is 16.5 Å². The zero-order chi connectivity index (χ0) is 19.3. The summed E-state index contributed by atoms with van der Waals surface area (Å²) in [6, 6.07) is 23.1. The molecule has 27 heavy (non-hydrogen) atoms. The average molecular weight is 509 g/mol. The van der Waals surface area contributed by atoms with Crippen LogP contribution >= 0.6 is 34.8 Å². The van der Waals surface area contributed by atoms with Gasteiger partial charge in [-0.05, 0) is 95.5 Å². The fourth-order valence-corrected chi connectivity index (χ4v) is 3.92. The van der Waals surface area contributed by atoms with Gasteiger partial charge >= 0.3 is 0 Å². The molecule has 8 heteroatoms. The van der Waals surface area contributed by atoms with E-state index in [1.807, 2.05) is 42.5 Å². The van der Waals surface area contributed by atoms with Gasteiger partial charge in [-0.3, -0.25) is 4.72 Å². The smallest absolute Gasteiger partial charge is 0.261 e. The van der Waals surface area contributed by atoms with E-state index in [2.05, 4.69) is 37.9 Å². The first-order valence-corrected chi connectivity index (χ1v) is 10.9. The molecule has 3 rings (SSSR count). The average Bonchev–Trinajstić information content (AvgIpc) is 2.65. The van der Waals surface area contributed by atoms with E-state index >= 15 is 0 Å². The number of anilines is 3. The van der Waals surface area contributed by atoms with E-state index in [1.54, 1.807) is 24.3 Å². The quantitative estimate of drug-likeness (QED) is 0.337. The summed E-state index contributed by atoms with van der Waals surface area (Å²) in [6.07, 6.45) is 0. The lowest BCUT2D eigenvalue weighted by Gasteiger charge is -2.12. The van der Waals surface area contributed by atoms with Crippen LogP contribution in [0.3, 0.4) is 0 Å². The first kappa shape index (κ1) is 19.6. The van der Waals surface area contributed by atoms with Gasteiger partial charge in [-0.2, -0.15) is 0 Å². The van der Waals surface area contributed by atoms with Crippen molar-refractivity contribution in [1.29, 1.82) is 0 Å². The third kappa shape index (κ3) is 5.65. The van der Waals surface area contributed by atoms with Crippen molar-refractivity contribution in [2.45, 2.75) is 4.90 Å². The molecule has 3 N–H and O–H groups in total. The number of thiocarbonyl (C=S) groups is 1. The zero-order valence-corrected chi connectivity index (χ0v) is 17.8. The Morgan fingerprint density at radius 2 is 1.26 bits per heavy atom. The number of halogens is 1. The molecule has 0 spiro atoms. The van der Waals surface area contributed by atoms with E-state index in [4.69, 9.17) is 12.2 Å². The van der Waals surface area contributed by atoms with Gasteiger partial charge in [-0.15, -0.1) is 0 Å². The minimum absolute atomic E-state index is 0.175. The second kappa shape index (κ2) is 8.68. The Morgan fingerprint density at radius 3 is 1.85 bits per heavy atom. The van der Waals surface area contributed by atoms with Crippen molar-refractivity contribution in [3.05, 3.63) is 82.4 Å². The molecule has 0 bridgehead atoms. The molecule has 0 aromatic heterocycles. The molecule has 0 saturated heterocycles. The van der Waals surface area contributed by atoms with Crippen molar-refractivity contribution in [3.63, 3.8) is 0 Å². The van der Waals surface area contributed by atoms with Crippen LogP contribution in [0.5, 0.6) is 0 Å². The Morgan fingerprint density at radius 1 is 0.741 bits per heavy atom. The van der Waals surface area contributed by atoms with Crippen LogP contribution in [0.2, 0.25) is 0 Å². The second-order valence-corrected chi connectivity index (χ2v) is 8.92. The topological polar surface area (TPSA) is 70.2 Å².